The first kappa shape index (κ1) is 15.8. The van der Waals surface area contributed by atoms with Gasteiger partial charge in [-0.3, -0.25) is 4.79 Å². The first-order chi connectivity index (χ1) is 10.6. The van der Waals surface area contributed by atoms with Crippen molar-refractivity contribution in [2.45, 2.75) is 19.8 Å². The molecule has 0 bridgehead atoms. The molecule has 0 radical (unpaired) electrons. The molecule has 22 heavy (non-hydrogen) atoms. The molecule has 1 N–H and O–H groups in total. The van der Waals surface area contributed by atoms with Crippen LogP contribution in [0.2, 0.25) is 0 Å². The molecule has 0 unspecified atom stereocenters. The van der Waals surface area contributed by atoms with E-state index in [1.165, 1.54) is 5.56 Å². The topological polar surface area (TPSA) is 38.3 Å². The summed E-state index contributed by atoms with van der Waals surface area (Å²) in [6.07, 6.45) is 1.67. The summed E-state index contributed by atoms with van der Waals surface area (Å²) in [6, 6.07) is 15.0. The van der Waals surface area contributed by atoms with Gasteiger partial charge in [0.25, 0.3) is 5.91 Å². The van der Waals surface area contributed by atoms with Gasteiger partial charge >= 0.3 is 0 Å². The van der Waals surface area contributed by atoms with Crippen LogP contribution >= 0.6 is 0 Å². The van der Waals surface area contributed by atoms with Crippen LogP contribution in [0.1, 0.15) is 35.7 Å². The summed E-state index contributed by atoms with van der Waals surface area (Å²) in [7, 11) is 0. The number of rotatable bonds is 6. The van der Waals surface area contributed by atoms with Crippen molar-refractivity contribution in [2.75, 3.05) is 11.9 Å². The Morgan fingerprint density at radius 2 is 1.86 bits per heavy atom. The third-order valence-corrected chi connectivity index (χ3v) is 3.33. The quantitative estimate of drug-likeness (QED) is 0.789. The molecule has 0 aliphatic heterocycles. The van der Waals surface area contributed by atoms with Crippen molar-refractivity contribution < 1.29 is 9.53 Å². The van der Waals surface area contributed by atoms with Crippen molar-refractivity contribution in [2.24, 2.45) is 0 Å². The Hall–Kier alpha value is -2.55. The summed E-state index contributed by atoms with van der Waals surface area (Å²) in [5.41, 5.74) is 2.50. The molecule has 0 saturated heterocycles. The highest BCUT2D eigenvalue weighted by Crippen LogP contribution is 2.24. The molecule has 114 valence electrons. The highest BCUT2D eigenvalue weighted by Gasteiger charge is 2.10. The molecule has 1 amide bonds. The Bertz CT molecular complexity index is 645. The first-order valence-corrected chi connectivity index (χ1v) is 7.36. The minimum atomic E-state index is -0.148. The van der Waals surface area contributed by atoms with Crippen LogP contribution in [-0.4, -0.2) is 12.5 Å². The predicted octanol–water partition coefficient (Wildman–Crippen LogP) is 4.63. The lowest BCUT2D eigenvalue weighted by molar-refractivity contribution is 0.102. The molecule has 0 spiro atoms. The van der Waals surface area contributed by atoms with E-state index in [1.807, 2.05) is 48.5 Å². The second-order valence-corrected chi connectivity index (χ2v) is 5.33. The van der Waals surface area contributed by atoms with Crippen molar-refractivity contribution in [1.82, 2.24) is 0 Å². The van der Waals surface area contributed by atoms with E-state index in [2.05, 4.69) is 25.7 Å². The number of amides is 1. The number of para-hydroxylation sites is 2. The zero-order valence-corrected chi connectivity index (χ0v) is 13.0. The third kappa shape index (κ3) is 3.98. The van der Waals surface area contributed by atoms with E-state index >= 15 is 0 Å². The molecule has 0 aliphatic carbocycles. The molecule has 0 aliphatic rings. The number of benzene rings is 2. The Morgan fingerprint density at radius 3 is 2.50 bits per heavy atom. The van der Waals surface area contributed by atoms with Gasteiger partial charge in [-0.2, -0.15) is 0 Å². The fourth-order valence-corrected chi connectivity index (χ4v) is 2.06. The molecule has 0 heterocycles. The fraction of sp³-hybridized carbons (Fsp3) is 0.211. The average Bonchev–Trinajstić information content (AvgIpc) is 2.54. The summed E-state index contributed by atoms with van der Waals surface area (Å²) in [6.45, 7) is 8.28. The summed E-state index contributed by atoms with van der Waals surface area (Å²) < 4.78 is 5.54. The van der Waals surface area contributed by atoms with Crippen LogP contribution in [0, 0.1) is 0 Å². The standard InChI is InChI=1S/C19H21NO2/c1-4-13-22-18-8-6-5-7-17(18)20-19(21)16-11-9-15(10-12-16)14(2)3/h4-12,14H,1,13H2,2-3H3,(H,20,21). The van der Waals surface area contributed by atoms with Gasteiger partial charge in [-0.1, -0.05) is 50.8 Å². The fourth-order valence-electron chi connectivity index (χ4n) is 2.06. The van der Waals surface area contributed by atoms with E-state index in [9.17, 15) is 4.79 Å². The van der Waals surface area contributed by atoms with Crippen LogP contribution in [0.25, 0.3) is 0 Å². The summed E-state index contributed by atoms with van der Waals surface area (Å²) in [5, 5.41) is 2.89. The smallest absolute Gasteiger partial charge is 0.255 e. The largest absolute Gasteiger partial charge is 0.487 e. The molecule has 0 fully saturated rings. The van der Waals surface area contributed by atoms with Crippen LogP contribution in [0.5, 0.6) is 5.75 Å². The van der Waals surface area contributed by atoms with Gasteiger partial charge in [-0.05, 0) is 35.7 Å². The number of ether oxygens (including phenoxy) is 1. The molecule has 2 rings (SSSR count). The maximum Gasteiger partial charge on any atom is 0.255 e. The molecule has 3 nitrogen and oxygen atoms in total. The summed E-state index contributed by atoms with van der Waals surface area (Å²) in [4.78, 5) is 12.3. The van der Waals surface area contributed by atoms with E-state index in [-0.39, 0.29) is 5.91 Å². The maximum absolute atomic E-state index is 12.3. The monoisotopic (exact) mass is 295 g/mol. The molecule has 2 aromatic rings. The number of carbonyl (C=O) groups excluding carboxylic acids is 1. The average molecular weight is 295 g/mol. The Labute approximate surface area is 131 Å². The highest BCUT2D eigenvalue weighted by molar-refractivity contribution is 6.05. The number of anilines is 1. The minimum Gasteiger partial charge on any atom is -0.487 e. The van der Waals surface area contributed by atoms with Crippen LogP contribution in [-0.2, 0) is 0 Å². The van der Waals surface area contributed by atoms with Crippen molar-refractivity contribution in [3.05, 3.63) is 72.3 Å². The minimum absolute atomic E-state index is 0.148. The normalized spacial score (nSPS) is 10.3. The van der Waals surface area contributed by atoms with E-state index < -0.39 is 0 Å². The molecular formula is C19H21NO2. The van der Waals surface area contributed by atoms with Crippen LogP contribution in [0.15, 0.2) is 61.2 Å². The van der Waals surface area contributed by atoms with Crippen molar-refractivity contribution >= 4 is 11.6 Å². The summed E-state index contributed by atoms with van der Waals surface area (Å²) in [5.74, 6) is 0.935. The molecule has 0 aromatic heterocycles. The van der Waals surface area contributed by atoms with Gasteiger partial charge in [0, 0.05) is 5.56 Å². The van der Waals surface area contributed by atoms with Gasteiger partial charge in [0.2, 0.25) is 0 Å². The Morgan fingerprint density at radius 1 is 1.18 bits per heavy atom. The van der Waals surface area contributed by atoms with Crippen LogP contribution in [0.3, 0.4) is 0 Å². The second-order valence-electron chi connectivity index (χ2n) is 5.33. The molecular weight excluding hydrogens is 274 g/mol. The van der Waals surface area contributed by atoms with Gasteiger partial charge in [0.1, 0.15) is 12.4 Å². The van der Waals surface area contributed by atoms with E-state index in [4.69, 9.17) is 4.74 Å². The Kier molecular flexibility index (Phi) is 5.37. The van der Waals surface area contributed by atoms with Gasteiger partial charge < -0.3 is 10.1 Å². The lowest BCUT2D eigenvalue weighted by Crippen LogP contribution is -2.13. The third-order valence-electron chi connectivity index (χ3n) is 3.33. The molecule has 0 saturated carbocycles. The highest BCUT2D eigenvalue weighted by atomic mass is 16.5. The second kappa shape index (κ2) is 7.46. The first-order valence-electron chi connectivity index (χ1n) is 7.36. The van der Waals surface area contributed by atoms with Crippen molar-refractivity contribution in [1.29, 1.82) is 0 Å². The van der Waals surface area contributed by atoms with Crippen LogP contribution < -0.4 is 10.1 Å². The van der Waals surface area contributed by atoms with Crippen molar-refractivity contribution in [3.8, 4) is 5.75 Å². The van der Waals surface area contributed by atoms with E-state index in [0.29, 0.717) is 29.5 Å². The number of hydrogen-bond donors (Lipinski definition) is 1. The van der Waals surface area contributed by atoms with Gasteiger partial charge in [0.05, 0.1) is 5.69 Å². The number of hydrogen-bond acceptors (Lipinski definition) is 2. The lowest BCUT2D eigenvalue weighted by atomic mass is 10.0. The van der Waals surface area contributed by atoms with Gasteiger partial charge in [0.15, 0.2) is 0 Å². The van der Waals surface area contributed by atoms with Gasteiger partial charge in [-0.15, -0.1) is 0 Å². The lowest BCUT2D eigenvalue weighted by Gasteiger charge is -2.12. The van der Waals surface area contributed by atoms with E-state index in [0.717, 1.165) is 0 Å². The molecule has 0 atom stereocenters. The molecule has 3 heteroatoms. The van der Waals surface area contributed by atoms with E-state index in [1.54, 1.807) is 6.08 Å². The maximum atomic E-state index is 12.3. The zero-order chi connectivity index (χ0) is 15.9. The zero-order valence-electron chi connectivity index (χ0n) is 13.0. The Balaban J connectivity index is 2.13. The predicted molar refractivity (Wildman–Crippen MR) is 90.6 cm³/mol. The SMILES string of the molecule is C=CCOc1ccccc1NC(=O)c1ccc(C(C)C)cc1. The van der Waals surface area contributed by atoms with Crippen LogP contribution in [0.4, 0.5) is 5.69 Å². The number of carbonyl (C=O) groups is 1. The number of nitrogens with one attached hydrogen (secondary N) is 1. The molecule has 2 aromatic carbocycles. The van der Waals surface area contributed by atoms with Crippen molar-refractivity contribution in [3.63, 3.8) is 0 Å². The van der Waals surface area contributed by atoms with Gasteiger partial charge in [-0.25, -0.2) is 0 Å². The summed E-state index contributed by atoms with van der Waals surface area (Å²) >= 11 is 0.